The number of hydrogen-bond donors (Lipinski definition) is 1. The first-order valence-corrected chi connectivity index (χ1v) is 7.46. The maximum atomic E-state index is 12.7. The zero-order valence-electron chi connectivity index (χ0n) is 13.1. The zero-order chi connectivity index (χ0) is 15.7. The van der Waals surface area contributed by atoms with Crippen molar-refractivity contribution in [1.82, 2.24) is 19.3 Å². The molecule has 7 heteroatoms. The van der Waals surface area contributed by atoms with Gasteiger partial charge in [0.2, 0.25) is 5.91 Å². The van der Waals surface area contributed by atoms with Crippen molar-refractivity contribution in [2.45, 2.75) is 25.9 Å². The molecule has 118 valence electrons. The van der Waals surface area contributed by atoms with Gasteiger partial charge in [0.1, 0.15) is 11.9 Å². The number of aryl methyl sites for hydroxylation is 2. The Bertz CT molecular complexity index is 675. The number of amides is 1. The number of imidazole rings is 1. The number of carbonyl (C=O) groups excluding carboxylic acids is 1. The molecular weight excluding hydrogens is 282 g/mol. The highest BCUT2D eigenvalue weighted by atomic mass is 16.5. The molecule has 3 heterocycles. The van der Waals surface area contributed by atoms with Gasteiger partial charge in [0.05, 0.1) is 23.5 Å². The Hall–Kier alpha value is -2.15. The molecule has 7 nitrogen and oxygen atoms in total. The summed E-state index contributed by atoms with van der Waals surface area (Å²) in [5.74, 6) is 0.515. The van der Waals surface area contributed by atoms with Crippen LogP contribution in [-0.4, -0.2) is 31.8 Å². The minimum absolute atomic E-state index is 0.0381. The molecular formula is C15H21N5O2. The van der Waals surface area contributed by atoms with Crippen LogP contribution in [0.5, 0.6) is 0 Å². The molecule has 0 bridgehead atoms. The predicted molar refractivity (Wildman–Crippen MR) is 81.2 cm³/mol. The Morgan fingerprint density at radius 1 is 1.45 bits per heavy atom. The van der Waals surface area contributed by atoms with Crippen molar-refractivity contribution in [2.75, 3.05) is 11.9 Å². The van der Waals surface area contributed by atoms with Crippen LogP contribution in [-0.2, 0) is 23.6 Å². The van der Waals surface area contributed by atoms with Gasteiger partial charge in [-0.25, -0.2) is 4.98 Å². The highest BCUT2D eigenvalue weighted by molar-refractivity contribution is 5.93. The highest BCUT2D eigenvalue weighted by Crippen LogP contribution is 2.33. The molecule has 0 unspecified atom stereocenters. The van der Waals surface area contributed by atoms with Crippen LogP contribution in [0.15, 0.2) is 18.6 Å². The van der Waals surface area contributed by atoms with Gasteiger partial charge in [0.25, 0.3) is 0 Å². The number of rotatable bonds is 3. The van der Waals surface area contributed by atoms with Crippen LogP contribution in [0.3, 0.4) is 0 Å². The van der Waals surface area contributed by atoms with Crippen LogP contribution in [0.4, 0.5) is 5.69 Å². The number of ether oxygens (including phenoxy) is 1. The van der Waals surface area contributed by atoms with E-state index in [2.05, 4.69) is 15.4 Å². The van der Waals surface area contributed by atoms with Crippen LogP contribution < -0.4 is 5.32 Å². The van der Waals surface area contributed by atoms with E-state index < -0.39 is 0 Å². The van der Waals surface area contributed by atoms with E-state index in [4.69, 9.17) is 4.74 Å². The molecule has 22 heavy (non-hydrogen) atoms. The smallest absolute Gasteiger partial charge is 0.230 e. The standard InChI is InChI=1S/C15H21N5O2/c1-10-12(9-17-20(10)3)18-15(21)11-5-4-8-22-13(11)14-16-6-7-19(14)2/h6-7,9,11,13H,4-5,8H2,1-3H3,(H,18,21)/t11-,13-/m1/s1. The molecule has 1 saturated heterocycles. The van der Waals surface area contributed by atoms with E-state index in [-0.39, 0.29) is 17.9 Å². The number of hydrogen-bond acceptors (Lipinski definition) is 4. The van der Waals surface area contributed by atoms with Gasteiger partial charge in [0, 0.05) is 33.1 Å². The summed E-state index contributed by atoms with van der Waals surface area (Å²) in [5.41, 5.74) is 1.68. The molecule has 2 atom stereocenters. The molecule has 1 N–H and O–H groups in total. The highest BCUT2D eigenvalue weighted by Gasteiger charge is 2.35. The fourth-order valence-corrected chi connectivity index (χ4v) is 2.80. The molecule has 1 aliphatic rings. The average molecular weight is 303 g/mol. The molecule has 3 rings (SSSR count). The number of anilines is 1. The second kappa shape index (κ2) is 5.92. The van der Waals surface area contributed by atoms with E-state index >= 15 is 0 Å². The summed E-state index contributed by atoms with van der Waals surface area (Å²) in [6.45, 7) is 2.59. The van der Waals surface area contributed by atoms with Crippen molar-refractivity contribution in [3.05, 3.63) is 30.1 Å². The monoisotopic (exact) mass is 303 g/mol. The largest absolute Gasteiger partial charge is 0.369 e. The van der Waals surface area contributed by atoms with Crippen LogP contribution in [0.1, 0.15) is 30.5 Å². The molecule has 0 aromatic carbocycles. The van der Waals surface area contributed by atoms with Gasteiger partial charge >= 0.3 is 0 Å². The Balaban J connectivity index is 1.80. The second-order valence-corrected chi connectivity index (χ2v) is 5.69. The van der Waals surface area contributed by atoms with E-state index in [9.17, 15) is 4.79 Å². The minimum atomic E-state index is -0.300. The summed E-state index contributed by atoms with van der Waals surface area (Å²) in [5, 5.41) is 7.12. The lowest BCUT2D eigenvalue weighted by Crippen LogP contribution is -2.34. The summed E-state index contributed by atoms with van der Waals surface area (Å²) in [6.07, 6.45) is 6.65. The lowest BCUT2D eigenvalue weighted by molar-refractivity contribution is -0.130. The van der Waals surface area contributed by atoms with Gasteiger partial charge in [-0.3, -0.25) is 9.48 Å². The van der Waals surface area contributed by atoms with Crippen molar-refractivity contribution in [3.8, 4) is 0 Å². The van der Waals surface area contributed by atoms with E-state index in [1.807, 2.05) is 31.8 Å². The molecule has 1 fully saturated rings. The first kappa shape index (κ1) is 14.8. The molecule has 1 aliphatic heterocycles. The Morgan fingerprint density at radius 2 is 2.27 bits per heavy atom. The number of aromatic nitrogens is 4. The molecule has 0 radical (unpaired) electrons. The van der Waals surface area contributed by atoms with Gasteiger partial charge in [-0.2, -0.15) is 5.10 Å². The van der Waals surface area contributed by atoms with E-state index in [0.717, 1.165) is 30.0 Å². The Morgan fingerprint density at radius 3 is 2.91 bits per heavy atom. The predicted octanol–water partition coefficient (Wildman–Crippen LogP) is 1.57. The van der Waals surface area contributed by atoms with Crippen molar-refractivity contribution >= 4 is 11.6 Å². The summed E-state index contributed by atoms with van der Waals surface area (Å²) in [6, 6.07) is 0. The fraction of sp³-hybridized carbons (Fsp3) is 0.533. The molecule has 1 amide bonds. The minimum Gasteiger partial charge on any atom is -0.369 e. The molecule has 2 aromatic rings. The summed E-state index contributed by atoms with van der Waals surface area (Å²) >= 11 is 0. The van der Waals surface area contributed by atoms with Crippen LogP contribution >= 0.6 is 0 Å². The first-order valence-electron chi connectivity index (χ1n) is 7.46. The topological polar surface area (TPSA) is 74.0 Å². The average Bonchev–Trinajstić information content (AvgIpc) is 3.08. The third-order valence-corrected chi connectivity index (χ3v) is 4.27. The van der Waals surface area contributed by atoms with Gasteiger partial charge < -0.3 is 14.6 Å². The summed E-state index contributed by atoms with van der Waals surface area (Å²) < 4.78 is 9.49. The van der Waals surface area contributed by atoms with E-state index in [1.54, 1.807) is 17.1 Å². The Labute approximate surface area is 129 Å². The fourth-order valence-electron chi connectivity index (χ4n) is 2.80. The van der Waals surface area contributed by atoms with E-state index in [1.165, 1.54) is 0 Å². The van der Waals surface area contributed by atoms with Crippen LogP contribution in [0, 0.1) is 12.8 Å². The summed E-state index contributed by atoms with van der Waals surface area (Å²) in [7, 11) is 3.77. The first-order chi connectivity index (χ1) is 10.6. The third kappa shape index (κ3) is 2.64. The van der Waals surface area contributed by atoms with Crippen molar-refractivity contribution < 1.29 is 9.53 Å². The van der Waals surface area contributed by atoms with Crippen LogP contribution in [0.2, 0.25) is 0 Å². The summed E-state index contributed by atoms with van der Waals surface area (Å²) in [4.78, 5) is 17.0. The molecule has 0 spiro atoms. The maximum Gasteiger partial charge on any atom is 0.230 e. The molecule has 0 aliphatic carbocycles. The molecule has 0 saturated carbocycles. The number of carbonyl (C=O) groups is 1. The lowest BCUT2D eigenvalue weighted by Gasteiger charge is -2.30. The van der Waals surface area contributed by atoms with Gasteiger partial charge in [-0.05, 0) is 19.8 Å². The van der Waals surface area contributed by atoms with Crippen molar-refractivity contribution in [2.24, 2.45) is 20.0 Å². The van der Waals surface area contributed by atoms with Gasteiger partial charge in [0.15, 0.2) is 0 Å². The SMILES string of the molecule is Cc1c(NC(=O)[C@@H]2CCCO[C@H]2c2nccn2C)cnn1C. The van der Waals surface area contributed by atoms with Crippen LogP contribution in [0.25, 0.3) is 0 Å². The Kier molecular flexibility index (Phi) is 3.98. The third-order valence-electron chi connectivity index (χ3n) is 4.27. The number of nitrogens with zero attached hydrogens (tertiary/aromatic N) is 4. The maximum absolute atomic E-state index is 12.7. The lowest BCUT2D eigenvalue weighted by atomic mass is 9.92. The quantitative estimate of drug-likeness (QED) is 0.934. The van der Waals surface area contributed by atoms with Crippen molar-refractivity contribution in [1.29, 1.82) is 0 Å². The normalized spacial score (nSPS) is 21.8. The van der Waals surface area contributed by atoms with Gasteiger partial charge in [-0.15, -0.1) is 0 Å². The van der Waals surface area contributed by atoms with Crippen molar-refractivity contribution in [3.63, 3.8) is 0 Å². The number of nitrogens with one attached hydrogen (secondary N) is 1. The molecule has 2 aromatic heterocycles. The van der Waals surface area contributed by atoms with E-state index in [0.29, 0.717) is 6.61 Å². The second-order valence-electron chi connectivity index (χ2n) is 5.69. The van der Waals surface area contributed by atoms with Gasteiger partial charge in [-0.1, -0.05) is 0 Å². The zero-order valence-corrected chi connectivity index (χ0v) is 13.1.